The molecule has 0 saturated heterocycles. The lowest BCUT2D eigenvalue weighted by Gasteiger charge is -2.14. The van der Waals surface area contributed by atoms with Crippen molar-refractivity contribution in [2.24, 2.45) is 0 Å². The van der Waals surface area contributed by atoms with E-state index in [2.05, 4.69) is 52.2 Å². The molecule has 6 N–H and O–H groups in total. The van der Waals surface area contributed by atoms with Crippen LogP contribution in [0.1, 0.15) is 21.5 Å². The van der Waals surface area contributed by atoms with Crippen molar-refractivity contribution in [1.29, 1.82) is 0 Å². The van der Waals surface area contributed by atoms with Gasteiger partial charge in [-0.25, -0.2) is 0 Å². The number of aliphatic hydroxyl groups is 1. The lowest BCUT2D eigenvalue weighted by atomic mass is 9.95. The molecule has 5 nitrogen and oxygen atoms in total. The second-order valence-corrected chi connectivity index (χ2v) is 8.73. The van der Waals surface area contributed by atoms with Gasteiger partial charge in [-0.15, -0.1) is 0 Å². The van der Waals surface area contributed by atoms with Crippen molar-refractivity contribution < 1.29 is 15.6 Å². The van der Waals surface area contributed by atoms with E-state index in [9.17, 15) is 4.79 Å². The summed E-state index contributed by atoms with van der Waals surface area (Å²) in [4.78, 5) is 14.2. The number of nitrogens with one attached hydrogen (secondary N) is 2. The van der Waals surface area contributed by atoms with E-state index in [1.165, 1.54) is 5.56 Å². The summed E-state index contributed by atoms with van der Waals surface area (Å²) in [6.45, 7) is 1.27. The van der Waals surface area contributed by atoms with Crippen molar-refractivity contribution >= 4 is 23.5 Å². The normalized spacial score (nSPS) is 10.3. The highest BCUT2D eigenvalue weighted by Crippen LogP contribution is 2.28. The molecule has 0 fully saturated rings. The van der Waals surface area contributed by atoms with Crippen molar-refractivity contribution in [1.82, 2.24) is 10.0 Å². The third kappa shape index (κ3) is 7.80. The van der Waals surface area contributed by atoms with Crippen LogP contribution in [0.4, 0.5) is 5.69 Å². The van der Waals surface area contributed by atoms with Gasteiger partial charge in [0, 0.05) is 36.7 Å². The standard InChI is InChI=1S/C28H27N3OS.CH4O/c29-23-12-8-13-24(19-23)33-31-20-22-11-4-5-14-25(22)26-15-6-7-16-27(26)28(32)30-18-17-21-9-2-1-3-10-21;1-2/h1-16,19,31H,17-18,20,29H2,(H,30,32);2H,1H3/p+1. The molecule has 0 saturated carbocycles. The van der Waals surface area contributed by atoms with Gasteiger partial charge in [0.2, 0.25) is 0 Å². The Kier molecular flexibility index (Phi) is 10.5. The lowest BCUT2D eigenvalue weighted by Crippen LogP contribution is -2.39. The minimum Gasteiger partial charge on any atom is -0.400 e. The summed E-state index contributed by atoms with van der Waals surface area (Å²) in [7, 11) is 1.00. The summed E-state index contributed by atoms with van der Waals surface area (Å²) >= 11 is 1.58. The second-order valence-electron chi connectivity index (χ2n) is 7.76. The molecule has 4 aromatic carbocycles. The molecule has 0 aliphatic heterocycles. The SMILES string of the molecule is CO.[NH3+]c1cccc(SNCc2ccccc2-c2ccccc2C(=O)NCCc2ccccc2)c1. The van der Waals surface area contributed by atoms with Crippen LogP contribution in [-0.4, -0.2) is 24.7 Å². The van der Waals surface area contributed by atoms with Gasteiger partial charge in [0.15, 0.2) is 0 Å². The van der Waals surface area contributed by atoms with Crippen LogP contribution < -0.4 is 15.8 Å². The van der Waals surface area contributed by atoms with Gasteiger partial charge >= 0.3 is 0 Å². The van der Waals surface area contributed by atoms with Gasteiger partial charge in [-0.1, -0.05) is 78.9 Å². The topological polar surface area (TPSA) is 89.0 Å². The molecule has 4 rings (SSSR count). The Balaban J connectivity index is 0.00000167. The Bertz CT molecular complexity index is 1220. The Morgan fingerprint density at radius 3 is 2.29 bits per heavy atom. The van der Waals surface area contributed by atoms with Crippen molar-refractivity contribution in [2.45, 2.75) is 17.9 Å². The molecule has 0 heterocycles. The maximum absolute atomic E-state index is 13.0. The summed E-state index contributed by atoms with van der Waals surface area (Å²) in [5, 5.41) is 10.1. The predicted octanol–water partition coefficient (Wildman–Crippen LogP) is 4.60. The fraction of sp³-hybridized carbons (Fsp3) is 0.138. The summed E-state index contributed by atoms with van der Waals surface area (Å²) < 4.78 is 3.44. The fourth-order valence-electron chi connectivity index (χ4n) is 3.72. The van der Waals surface area contributed by atoms with Crippen LogP contribution in [0.2, 0.25) is 0 Å². The first-order valence-corrected chi connectivity index (χ1v) is 12.3. The van der Waals surface area contributed by atoms with Gasteiger partial charge in [-0.05, 0) is 58.8 Å². The maximum Gasteiger partial charge on any atom is 0.251 e. The van der Waals surface area contributed by atoms with Crippen LogP contribution in [0.15, 0.2) is 108 Å². The van der Waals surface area contributed by atoms with Crippen LogP contribution in [-0.2, 0) is 13.0 Å². The third-order valence-corrected chi connectivity index (χ3v) is 6.15. The zero-order chi connectivity index (χ0) is 24.9. The van der Waals surface area contributed by atoms with Crippen LogP contribution in [0.5, 0.6) is 0 Å². The lowest BCUT2D eigenvalue weighted by molar-refractivity contribution is -0.255. The molecular formula is C29H32N3O2S+. The summed E-state index contributed by atoms with van der Waals surface area (Å²) in [5.41, 5.74) is 10.0. The Labute approximate surface area is 211 Å². The van der Waals surface area contributed by atoms with Crippen molar-refractivity contribution in [3.63, 3.8) is 0 Å². The van der Waals surface area contributed by atoms with Crippen LogP contribution in [0, 0.1) is 0 Å². The molecule has 6 heteroatoms. The molecule has 0 radical (unpaired) electrons. The zero-order valence-corrected chi connectivity index (χ0v) is 20.7. The van der Waals surface area contributed by atoms with Crippen molar-refractivity contribution in [2.75, 3.05) is 13.7 Å². The number of carbonyl (C=O) groups excluding carboxylic acids is 1. The second kappa shape index (κ2) is 14.1. The number of quaternary nitrogens is 1. The van der Waals surface area contributed by atoms with Gasteiger partial charge in [0.1, 0.15) is 5.69 Å². The van der Waals surface area contributed by atoms with Gasteiger partial charge in [-0.2, -0.15) is 0 Å². The number of hydrogen-bond donors (Lipinski definition) is 4. The van der Waals surface area contributed by atoms with E-state index in [1.807, 2.05) is 66.7 Å². The van der Waals surface area contributed by atoms with Gasteiger partial charge in [-0.3, -0.25) is 9.52 Å². The molecule has 0 spiro atoms. The average molecular weight is 487 g/mol. The quantitative estimate of drug-likeness (QED) is 0.260. The first-order chi connectivity index (χ1) is 17.2. The first-order valence-electron chi connectivity index (χ1n) is 11.5. The van der Waals surface area contributed by atoms with E-state index in [0.29, 0.717) is 18.7 Å². The van der Waals surface area contributed by atoms with Gasteiger partial charge in [0.25, 0.3) is 5.91 Å². The summed E-state index contributed by atoms with van der Waals surface area (Å²) in [6, 6.07) is 34.3. The first kappa shape index (κ1) is 26.2. The smallest absolute Gasteiger partial charge is 0.251 e. The molecule has 35 heavy (non-hydrogen) atoms. The highest BCUT2D eigenvalue weighted by molar-refractivity contribution is 7.97. The minimum atomic E-state index is -0.0501. The number of rotatable bonds is 9. The number of benzene rings is 4. The highest BCUT2D eigenvalue weighted by Gasteiger charge is 2.14. The maximum atomic E-state index is 13.0. The molecule has 0 unspecified atom stereocenters. The van der Waals surface area contributed by atoms with E-state index in [4.69, 9.17) is 5.11 Å². The molecule has 180 valence electrons. The van der Waals surface area contributed by atoms with E-state index in [1.54, 1.807) is 11.9 Å². The van der Waals surface area contributed by atoms with E-state index < -0.39 is 0 Å². The van der Waals surface area contributed by atoms with E-state index in [0.717, 1.165) is 40.8 Å². The van der Waals surface area contributed by atoms with Crippen LogP contribution >= 0.6 is 11.9 Å². The van der Waals surface area contributed by atoms with Crippen LogP contribution in [0.3, 0.4) is 0 Å². The zero-order valence-electron chi connectivity index (χ0n) is 19.9. The average Bonchev–Trinajstić information content (AvgIpc) is 2.91. The molecule has 0 aromatic heterocycles. The van der Waals surface area contributed by atoms with Crippen molar-refractivity contribution in [3.8, 4) is 11.1 Å². The Morgan fingerprint density at radius 2 is 1.51 bits per heavy atom. The largest absolute Gasteiger partial charge is 0.400 e. The number of aliphatic hydroxyl groups excluding tert-OH is 1. The predicted molar refractivity (Wildman–Crippen MR) is 144 cm³/mol. The minimum absolute atomic E-state index is 0.0501. The van der Waals surface area contributed by atoms with Crippen molar-refractivity contribution in [3.05, 3.63) is 120 Å². The summed E-state index contributed by atoms with van der Waals surface area (Å²) in [5.74, 6) is -0.0501. The molecule has 0 aliphatic rings. The summed E-state index contributed by atoms with van der Waals surface area (Å²) in [6.07, 6.45) is 0.807. The molecule has 1 amide bonds. The Morgan fingerprint density at radius 1 is 0.829 bits per heavy atom. The monoisotopic (exact) mass is 486 g/mol. The fourth-order valence-corrected chi connectivity index (χ4v) is 4.47. The van der Waals surface area contributed by atoms with E-state index in [-0.39, 0.29) is 5.91 Å². The van der Waals surface area contributed by atoms with Gasteiger partial charge in [0.05, 0.1) is 0 Å². The molecule has 4 aromatic rings. The Hall–Kier alpha value is -3.42. The van der Waals surface area contributed by atoms with Crippen LogP contribution in [0.25, 0.3) is 11.1 Å². The van der Waals surface area contributed by atoms with E-state index >= 15 is 0 Å². The highest BCUT2D eigenvalue weighted by atomic mass is 32.2. The number of hydrogen-bond acceptors (Lipinski definition) is 4. The van der Waals surface area contributed by atoms with Gasteiger partial charge < -0.3 is 16.2 Å². The molecule has 0 bridgehead atoms. The molecule has 0 aliphatic carbocycles. The third-order valence-electron chi connectivity index (χ3n) is 5.37. The number of carbonyl (C=O) groups is 1. The molecule has 0 atom stereocenters. The molecular weight excluding hydrogens is 454 g/mol. The number of amides is 1.